The van der Waals surface area contributed by atoms with Gasteiger partial charge in [-0.25, -0.2) is 18.2 Å². The fourth-order valence-electron chi connectivity index (χ4n) is 7.51. The first-order chi connectivity index (χ1) is 25.4. The Kier molecular flexibility index (Phi) is 11.1. The number of pyridine rings is 1. The minimum atomic E-state index is -3.91. The molecule has 0 radical (unpaired) electrons. The molecule has 2 aliphatic heterocycles. The van der Waals surface area contributed by atoms with E-state index < -0.39 is 74.3 Å². The predicted molar refractivity (Wildman–Crippen MR) is 201 cm³/mol. The standard InChI is InChI=1S/C38H50ClN5O9S/c1-21-9-7-8-10-23-18-38(23,35(47)43-54(49,50)26-12-13-26)42-32(45)29-17-25(52-33-28-16-24(39)11-14-27(28)30(51-6)19-40-33)20-44(29)34(46)31(22(2)15-21)41-36(48)53-37(3,4)5/h8,10-11,14,16,19,21-23,25-26,29,31H,7,9,12-13,15,17-18,20H2,1-6H3,(H,41,48)(H,42,45)(H,43,47)/b10-8-/t21-,22+,23+,25+,29-,31-,38+/m0/s1. The number of fused-ring (bicyclic) bond motifs is 3. The maximum absolute atomic E-state index is 14.7. The van der Waals surface area contributed by atoms with Crippen LogP contribution in [-0.2, 0) is 29.1 Å². The number of methoxy groups -OCH3 is 1. The Hall–Kier alpha value is -4.11. The van der Waals surface area contributed by atoms with Gasteiger partial charge in [-0.1, -0.05) is 37.6 Å². The second-order valence-electron chi connectivity index (χ2n) is 16.2. The molecular weight excluding hydrogens is 738 g/mol. The number of ether oxygens (including phenoxy) is 3. The molecule has 16 heteroatoms. The van der Waals surface area contributed by atoms with Crippen molar-refractivity contribution in [2.75, 3.05) is 13.7 Å². The Bertz CT molecular complexity index is 1950. The number of halogens is 1. The highest BCUT2D eigenvalue weighted by molar-refractivity contribution is 7.91. The van der Waals surface area contributed by atoms with Crippen molar-refractivity contribution in [3.8, 4) is 11.6 Å². The number of rotatable bonds is 7. The van der Waals surface area contributed by atoms with E-state index >= 15 is 0 Å². The summed E-state index contributed by atoms with van der Waals surface area (Å²) in [4.78, 5) is 62.0. The van der Waals surface area contributed by atoms with Gasteiger partial charge in [-0.3, -0.25) is 19.1 Å². The molecule has 3 fully saturated rings. The number of alkyl carbamates (subject to hydrolysis) is 1. The van der Waals surface area contributed by atoms with Crippen molar-refractivity contribution in [3.05, 3.63) is 41.6 Å². The van der Waals surface area contributed by atoms with Crippen molar-refractivity contribution in [1.29, 1.82) is 0 Å². The van der Waals surface area contributed by atoms with E-state index in [0.717, 1.165) is 6.42 Å². The molecule has 14 nitrogen and oxygen atoms in total. The predicted octanol–water partition coefficient (Wildman–Crippen LogP) is 4.63. The summed E-state index contributed by atoms with van der Waals surface area (Å²) in [5.41, 5.74) is -2.36. The maximum Gasteiger partial charge on any atom is 0.408 e. The minimum Gasteiger partial charge on any atom is -0.494 e. The number of nitrogens with one attached hydrogen (secondary N) is 3. The summed E-state index contributed by atoms with van der Waals surface area (Å²) in [5, 5.41) is 6.73. The molecule has 2 saturated carbocycles. The summed E-state index contributed by atoms with van der Waals surface area (Å²) >= 11 is 6.36. The first-order valence-electron chi connectivity index (χ1n) is 18.5. The van der Waals surface area contributed by atoms with Crippen molar-refractivity contribution in [1.82, 2.24) is 25.2 Å². The summed E-state index contributed by atoms with van der Waals surface area (Å²) in [6, 6.07) is 2.97. The van der Waals surface area contributed by atoms with Gasteiger partial charge in [0.05, 0.1) is 25.1 Å². The average Bonchev–Trinajstić information content (AvgIpc) is 4.01. The van der Waals surface area contributed by atoms with E-state index in [2.05, 4.69) is 27.3 Å². The molecular formula is C38H50ClN5O9S. The molecule has 54 heavy (non-hydrogen) atoms. The second kappa shape index (κ2) is 15.2. The van der Waals surface area contributed by atoms with Gasteiger partial charge >= 0.3 is 6.09 Å². The molecule has 4 aliphatic rings. The lowest BCUT2D eigenvalue weighted by molar-refractivity contribution is -0.142. The molecule has 0 spiro atoms. The molecule has 2 aromatic rings. The summed E-state index contributed by atoms with van der Waals surface area (Å²) < 4.78 is 45.4. The zero-order chi connectivity index (χ0) is 39.2. The van der Waals surface area contributed by atoms with Crippen molar-refractivity contribution >= 4 is 56.2 Å². The van der Waals surface area contributed by atoms with Crippen LogP contribution in [0.15, 0.2) is 36.5 Å². The molecule has 7 atom stereocenters. The molecule has 1 aromatic carbocycles. The molecule has 294 valence electrons. The van der Waals surface area contributed by atoms with E-state index in [1.54, 1.807) is 39.0 Å². The Morgan fingerprint density at radius 1 is 1.09 bits per heavy atom. The Labute approximate surface area is 321 Å². The van der Waals surface area contributed by atoms with Crippen LogP contribution < -0.4 is 24.8 Å². The molecule has 3 N–H and O–H groups in total. The zero-order valence-corrected chi connectivity index (χ0v) is 33.1. The Balaban J connectivity index is 1.36. The van der Waals surface area contributed by atoms with Crippen LogP contribution in [0.4, 0.5) is 4.79 Å². The third-order valence-corrected chi connectivity index (χ3v) is 12.6. The van der Waals surface area contributed by atoms with Gasteiger partial charge in [-0.2, -0.15) is 0 Å². The van der Waals surface area contributed by atoms with Crippen LogP contribution >= 0.6 is 11.6 Å². The zero-order valence-electron chi connectivity index (χ0n) is 31.5. The Morgan fingerprint density at radius 2 is 1.83 bits per heavy atom. The van der Waals surface area contributed by atoms with Gasteiger partial charge in [0, 0.05) is 28.1 Å². The topological polar surface area (TPSA) is 182 Å². The summed E-state index contributed by atoms with van der Waals surface area (Å²) in [6.45, 7) is 9.08. The summed E-state index contributed by atoms with van der Waals surface area (Å²) in [6.07, 6.45) is 6.95. The van der Waals surface area contributed by atoms with E-state index in [0.29, 0.717) is 47.2 Å². The smallest absolute Gasteiger partial charge is 0.408 e. The molecule has 1 aromatic heterocycles. The normalized spacial score (nSPS) is 29.8. The molecule has 4 amide bonds. The van der Waals surface area contributed by atoms with Crippen LogP contribution in [0.3, 0.4) is 0 Å². The van der Waals surface area contributed by atoms with E-state index in [1.807, 2.05) is 19.1 Å². The van der Waals surface area contributed by atoms with E-state index in [-0.39, 0.29) is 37.1 Å². The van der Waals surface area contributed by atoms with Gasteiger partial charge in [0.1, 0.15) is 35.1 Å². The van der Waals surface area contributed by atoms with Crippen LogP contribution in [0.5, 0.6) is 11.6 Å². The second-order valence-corrected chi connectivity index (χ2v) is 18.6. The molecule has 3 heterocycles. The number of amides is 4. The molecule has 0 bridgehead atoms. The maximum atomic E-state index is 14.7. The van der Waals surface area contributed by atoms with Crippen molar-refractivity contribution < 1.29 is 41.8 Å². The van der Waals surface area contributed by atoms with Crippen molar-refractivity contribution in [2.24, 2.45) is 17.8 Å². The van der Waals surface area contributed by atoms with Crippen LogP contribution in [0.1, 0.15) is 79.6 Å². The van der Waals surface area contributed by atoms with Gasteiger partial charge in [0.25, 0.3) is 5.91 Å². The van der Waals surface area contributed by atoms with Crippen molar-refractivity contribution in [2.45, 2.75) is 114 Å². The van der Waals surface area contributed by atoms with Crippen LogP contribution in [0, 0.1) is 17.8 Å². The molecule has 0 unspecified atom stereocenters. The lowest BCUT2D eigenvalue weighted by Gasteiger charge is -2.33. The molecule has 2 aliphatic carbocycles. The lowest BCUT2D eigenvalue weighted by atomic mass is 9.88. The third-order valence-electron chi connectivity index (χ3n) is 10.6. The number of carbonyl (C=O) groups is 4. The molecule has 1 saturated heterocycles. The number of sulfonamides is 1. The third kappa shape index (κ3) is 8.72. The largest absolute Gasteiger partial charge is 0.494 e. The first-order valence-corrected chi connectivity index (χ1v) is 20.5. The number of allylic oxidation sites excluding steroid dienone is 1. The van der Waals surface area contributed by atoms with E-state index in [1.165, 1.54) is 18.2 Å². The number of hydrogen-bond donors (Lipinski definition) is 3. The highest BCUT2D eigenvalue weighted by Gasteiger charge is 2.62. The minimum absolute atomic E-state index is 0.00978. The quantitative estimate of drug-likeness (QED) is 0.335. The monoisotopic (exact) mass is 787 g/mol. The molecule has 6 rings (SSSR count). The highest BCUT2D eigenvalue weighted by atomic mass is 35.5. The van der Waals surface area contributed by atoms with Crippen LogP contribution in [0.2, 0.25) is 5.02 Å². The van der Waals surface area contributed by atoms with Gasteiger partial charge in [-0.05, 0) is 89.3 Å². The average molecular weight is 788 g/mol. The summed E-state index contributed by atoms with van der Waals surface area (Å²) in [7, 11) is -2.38. The number of nitrogens with zero attached hydrogens (tertiary/aromatic N) is 2. The Morgan fingerprint density at radius 3 is 2.52 bits per heavy atom. The fourth-order valence-corrected chi connectivity index (χ4v) is 9.05. The number of carbonyl (C=O) groups excluding carboxylic acids is 4. The first kappa shape index (κ1) is 39.6. The van der Waals surface area contributed by atoms with Crippen LogP contribution in [-0.4, -0.2) is 90.3 Å². The van der Waals surface area contributed by atoms with Crippen LogP contribution in [0.25, 0.3) is 10.8 Å². The SMILES string of the molecule is COc1cnc(O[C@@H]2C[C@H]3C(=O)N[C@]4(C(=O)NS(=O)(=O)C5CC5)C[C@H]4/C=C\CC[C@H](C)C[C@@H](C)[C@H](NC(=O)OC(C)(C)C)C(=O)N3C2)c2cc(Cl)ccc12. The number of aromatic nitrogens is 1. The van der Waals surface area contributed by atoms with Gasteiger partial charge in [-0.15, -0.1) is 0 Å². The highest BCUT2D eigenvalue weighted by Crippen LogP contribution is 2.46. The van der Waals surface area contributed by atoms with Crippen molar-refractivity contribution in [3.63, 3.8) is 0 Å². The number of hydrogen-bond acceptors (Lipinski definition) is 10. The van der Waals surface area contributed by atoms with Gasteiger partial charge < -0.3 is 29.7 Å². The van der Waals surface area contributed by atoms with Gasteiger partial charge in [0.15, 0.2) is 0 Å². The van der Waals surface area contributed by atoms with Gasteiger partial charge in [0.2, 0.25) is 27.7 Å². The number of benzene rings is 1. The van der Waals surface area contributed by atoms with E-state index in [4.69, 9.17) is 25.8 Å². The lowest BCUT2D eigenvalue weighted by Crippen LogP contribution is -2.59. The summed E-state index contributed by atoms with van der Waals surface area (Å²) in [5.74, 6) is -1.91. The fraction of sp³-hybridized carbons (Fsp3) is 0.605. The van der Waals surface area contributed by atoms with E-state index in [9.17, 15) is 27.6 Å².